The number of aromatic amines is 1. The lowest BCUT2D eigenvalue weighted by molar-refractivity contribution is 0.415. The second-order valence-corrected chi connectivity index (χ2v) is 6.00. The molecule has 0 amide bonds. The Morgan fingerprint density at radius 3 is 2.52 bits per heavy atom. The fourth-order valence-electron chi connectivity index (χ4n) is 3.03. The third kappa shape index (κ3) is 3.25. The molecule has 0 atom stereocenters. The van der Waals surface area contributed by atoms with E-state index in [4.69, 9.17) is 10.5 Å². The van der Waals surface area contributed by atoms with Crippen LogP contribution in [0.25, 0.3) is 22.2 Å². The maximum atomic E-state index is 5.66. The number of ether oxygens (including phenoxy) is 1. The normalized spacial score (nSPS) is 11.1. The number of nitrogens with two attached hydrogens (primary N) is 1. The van der Waals surface area contributed by atoms with Gasteiger partial charge in [-0.3, -0.25) is 0 Å². The lowest BCUT2D eigenvalue weighted by atomic mass is 9.99. The molecule has 120 valence electrons. The first-order valence-corrected chi connectivity index (χ1v) is 8.18. The first kappa shape index (κ1) is 15.6. The van der Waals surface area contributed by atoms with Crippen LogP contribution in [0, 0.1) is 6.92 Å². The van der Waals surface area contributed by atoms with Gasteiger partial charge in [0.1, 0.15) is 5.75 Å². The number of unbranched alkanes of at least 4 members (excludes halogenated alkanes) is 1. The van der Waals surface area contributed by atoms with Gasteiger partial charge in [-0.1, -0.05) is 29.8 Å². The standard InChI is InChI=1S/C20H24N2O/c1-14-6-8-15(9-7-14)20-17(5-3-4-12-21)18-13-16(23-2)10-11-19(18)22-20/h6-11,13,22H,3-5,12,21H2,1-2H3. The third-order valence-corrected chi connectivity index (χ3v) is 4.33. The average Bonchev–Trinajstić information content (AvgIpc) is 2.93. The zero-order valence-corrected chi connectivity index (χ0v) is 13.9. The van der Waals surface area contributed by atoms with Crippen LogP contribution in [0.3, 0.4) is 0 Å². The number of H-pyrrole nitrogens is 1. The van der Waals surface area contributed by atoms with Gasteiger partial charge in [-0.15, -0.1) is 0 Å². The van der Waals surface area contributed by atoms with Gasteiger partial charge in [0.2, 0.25) is 0 Å². The zero-order chi connectivity index (χ0) is 16.2. The Balaban J connectivity index is 2.10. The topological polar surface area (TPSA) is 51.0 Å². The minimum Gasteiger partial charge on any atom is -0.497 e. The maximum Gasteiger partial charge on any atom is 0.119 e. The summed E-state index contributed by atoms with van der Waals surface area (Å²) in [5.74, 6) is 0.895. The Kier molecular flexibility index (Phi) is 4.68. The van der Waals surface area contributed by atoms with E-state index >= 15 is 0 Å². The van der Waals surface area contributed by atoms with Crippen molar-refractivity contribution >= 4 is 10.9 Å². The predicted molar refractivity (Wildman–Crippen MR) is 97.0 cm³/mol. The van der Waals surface area contributed by atoms with E-state index < -0.39 is 0 Å². The van der Waals surface area contributed by atoms with Crippen LogP contribution in [-0.2, 0) is 6.42 Å². The monoisotopic (exact) mass is 308 g/mol. The minimum atomic E-state index is 0.742. The Morgan fingerprint density at radius 1 is 1.04 bits per heavy atom. The molecule has 0 fully saturated rings. The number of aromatic nitrogens is 1. The largest absolute Gasteiger partial charge is 0.497 e. The number of hydrogen-bond acceptors (Lipinski definition) is 2. The zero-order valence-electron chi connectivity index (χ0n) is 13.9. The van der Waals surface area contributed by atoms with Crippen molar-refractivity contribution in [1.82, 2.24) is 4.98 Å². The van der Waals surface area contributed by atoms with Crippen LogP contribution in [0.1, 0.15) is 24.0 Å². The van der Waals surface area contributed by atoms with E-state index in [1.165, 1.54) is 27.8 Å². The van der Waals surface area contributed by atoms with E-state index in [0.717, 1.165) is 37.1 Å². The van der Waals surface area contributed by atoms with E-state index in [-0.39, 0.29) is 0 Å². The van der Waals surface area contributed by atoms with Crippen molar-refractivity contribution in [2.75, 3.05) is 13.7 Å². The average molecular weight is 308 g/mol. The Hall–Kier alpha value is -2.26. The number of aryl methyl sites for hydroxylation is 2. The van der Waals surface area contributed by atoms with Gasteiger partial charge in [0.05, 0.1) is 7.11 Å². The van der Waals surface area contributed by atoms with Gasteiger partial charge >= 0.3 is 0 Å². The number of hydrogen-bond donors (Lipinski definition) is 2. The summed E-state index contributed by atoms with van der Waals surface area (Å²) in [6.07, 6.45) is 3.16. The smallest absolute Gasteiger partial charge is 0.119 e. The minimum absolute atomic E-state index is 0.742. The molecule has 0 saturated carbocycles. The second kappa shape index (κ2) is 6.88. The molecule has 3 N–H and O–H groups in total. The summed E-state index contributed by atoms with van der Waals surface area (Å²) in [6, 6.07) is 14.9. The summed E-state index contributed by atoms with van der Waals surface area (Å²) >= 11 is 0. The van der Waals surface area contributed by atoms with Crippen molar-refractivity contribution in [2.45, 2.75) is 26.2 Å². The number of methoxy groups -OCH3 is 1. The number of benzene rings is 2. The van der Waals surface area contributed by atoms with Crippen molar-refractivity contribution in [3.8, 4) is 17.0 Å². The summed E-state index contributed by atoms with van der Waals surface area (Å²) in [4.78, 5) is 3.59. The predicted octanol–water partition coefficient (Wildman–Crippen LogP) is 4.43. The molecule has 0 bridgehead atoms. The van der Waals surface area contributed by atoms with Crippen LogP contribution in [0.4, 0.5) is 0 Å². The fourth-order valence-corrected chi connectivity index (χ4v) is 3.03. The second-order valence-electron chi connectivity index (χ2n) is 6.00. The van der Waals surface area contributed by atoms with E-state index in [9.17, 15) is 0 Å². The lowest BCUT2D eigenvalue weighted by Gasteiger charge is -2.06. The third-order valence-electron chi connectivity index (χ3n) is 4.33. The van der Waals surface area contributed by atoms with Gasteiger partial charge in [-0.2, -0.15) is 0 Å². The van der Waals surface area contributed by atoms with Crippen LogP contribution in [0.15, 0.2) is 42.5 Å². The molecule has 0 aliphatic rings. The van der Waals surface area contributed by atoms with E-state index in [1.807, 2.05) is 6.07 Å². The van der Waals surface area contributed by atoms with Crippen LogP contribution in [0.5, 0.6) is 5.75 Å². The van der Waals surface area contributed by atoms with Gasteiger partial charge in [0, 0.05) is 16.6 Å². The molecule has 0 unspecified atom stereocenters. The van der Waals surface area contributed by atoms with E-state index in [0.29, 0.717) is 0 Å². The number of fused-ring (bicyclic) bond motifs is 1. The van der Waals surface area contributed by atoms with Gasteiger partial charge in [-0.05, 0) is 62.1 Å². The molecule has 0 aliphatic carbocycles. The van der Waals surface area contributed by atoms with Crippen LogP contribution < -0.4 is 10.5 Å². The molecule has 0 spiro atoms. The molecule has 1 aromatic heterocycles. The summed E-state index contributed by atoms with van der Waals surface area (Å²) in [6.45, 7) is 2.85. The molecule has 0 radical (unpaired) electrons. The van der Waals surface area contributed by atoms with E-state index in [1.54, 1.807) is 7.11 Å². The first-order chi connectivity index (χ1) is 11.2. The quantitative estimate of drug-likeness (QED) is 0.662. The van der Waals surface area contributed by atoms with Crippen molar-refractivity contribution < 1.29 is 4.74 Å². The van der Waals surface area contributed by atoms with Crippen LogP contribution in [0.2, 0.25) is 0 Å². The molecule has 0 aliphatic heterocycles. The van der Waals surface area contributed by atoms with Gasteiger partial charge in [0.25, 0.3) is 0 Å². The molecular weight excluding hydrogens is 284 g/mol. The van der Waals surface area contributed by atoms with Crippen LogP contribution >= 0.6 is 0 Å². The molecule has 3 aromatic rings. The highest BCUT2D eigenvalue weighted by Gasteiger charge is 2.13. The molecule has 3 rings (SSSR count). The Bertz CT molecular complexity index is 787. The fraction of sp³-hybridized carbons (Fsp3) is 0.300. The summed E-state index contributed by atoms with van der Waals surface area (Å²) < 4.78 is 5.40. The molecule has 2 aromatic carbocycles. The highest BCUT2D eigenvalue weighted by atomic mass is 16.5. The Labute approximate surface area is 137 Å². The molecular formula is C20H24N2O. The summed E-state index contributed by atoms with van der Waals surface area (Å²) in [5, 5.41) is 1.25. The number of nitrogens with one attached hydrogen (secondary N) is 1. The van der Waals surface area contributed by atoms with Gasteiger partial charge in [-0.25, -0.2) is 0 Å². The van der Waals surface area contributed by atoms with Gasteiger partial charge < -0.3 is 15.5 Å². The molecule has 1 heterocycles. The van der Waals surface area contributed by atoms with Crippen molar-refractivity contribution in [1.29, 1.82) is 0 Å². The van der Waals surface area contributed by atoms with Crippen molar-refractivity contribution in [3.63, 3.8) is 0 Å². The highest BCUT2D eigenvalue weighted by molar-refractivity contribution is 5.91. The molecule has 3 nitrogen and oxygen atoms in total. The summed E-state index contributed by atoms with van der Waals surface area (Å²) in [5.41, 5.74) is 11.9. The lowest BCUT2D eigenvalue weighted by Crippen LogP contribution is -1.99. The van der Waals surface area contributed by atoms with Crippen molar-refractivity contribution in [2.24, 2.45) is 5.73 Å². The number of rotatable bonds is 6. The van der Waals surface area contributed by atoms with Crippen molar-refractivity contribution in [3.05, 3.63) is 53.6 Å². The van der Waals surface area contributed by atoms with Gasteiger partial charge in [0.15, 0.2) is 0 Å². The summed E-state index contributed by atoms with van der Waals surface area (Å²) in [7, 11) is 1.71. The van der Waals surface area contributed by atoms with E-state index in [2.05, 4.69) is 48.3 Å². The molecule has 3 heteroatoms. The molecule has 23 heavy (non-hydrogen) atoms. The van der Waals surface area contributed by atoms with Crippen LogP contribution in [-0.4, -0.2) is 18.6 Å². The Morgan fingerprint density at radius 2 is 1.83 bits per heavy atom. The first-order valence-electron chi connectivity index (χ1n) is 8.18. The maximum absolute atomic E-state index is 5.66. The molecule has 0 saturated heterocycles. The SMILES string of the molecule is COc1ccc2[nH]c(-c3ccc(C)cc3)c(CCCCN)c2c1. The highest BCUT2D eigenvalue weighted by Crippen LogP contribution is 2.33.